The van der Waals surface area contributed by atoms with E-state index in [0.717, 1.165) is 0 Å². The average molecular weight is 169 g/mol. The molecule has 12 heavy (non-hydrogen) atoms. The molecule has 0 aromatic rings. The highest BCUT2D eigenvalue weighted by Gasteiger charge is 2.36. The van der Waals surface area contributed by atoms with E-state index in [0.29, 0.717) is 11.1 Å². The Balaban J connectivity index is 2.73. The molecule has 1 heteroatoms. The second kappa shape index (κ2) is 3.02. The van der Waals surface area contributed by atoms with Crippen LogP contribution in [0.5, 0.6) is 0 Å². The molecule has 1 aliphatic heterocycles. The third-order valence-electron chi connectivity index (χ3n) is 2.96. The molecule has 0 atom stereocenters. The van der Waals surface area contributed by atoms with Crippen molar-refractivity contribution in [2.45, 2.75) is 65.0 Å². The highest BCUT2D eigenvalue weighted by atomic mass is 15.2. The molecule has 0 N–H and O–H groups in total. The van der Waals surface area contributed by atoms with Gasteiger partial charge < -0.3 is 0 Å². The molecule has 0 aliphatic carbocycles. The fourth-order valence-electron chi connectivity index (χ4n) is 2.51. The summed E-state index contributed by atoms with van der Waals surface area (Å²) in [7, 11) is 0. The van der Waals surface area contributed by atoms with Gasteiger partial charge in [-0.1, -0.05) is 6.42 Å². The minimum Gasteiger partial charge on any atom is -0.293 e. The number of likely N-dealkylation sites (tertiary alicyclic amines) is 1. The summed E-state index contributed by atoms with van der Waals surface area (Å²) >= 11 is 0. The van der Waals surface area contributed by atoms with Crippen LogP contribution in [0.15, 0.2) is 0 Å². The Hall–Kier alpha value is -0.0400. The van der Waals surface area contributed by atoms with Crippen molar-refractivity contribution in [1.29, 1.82) is 0 Å². The van der Waals surface area contributed by atoms with Gasteiger partial charge in [-0.25, -0.2) is 0 Å². The quantitative estimate of drug-likeness (QED) is 0.539. The Labute approximate surface area is 77.1 Å². The molecule has 0 saturated carbocycles. The predicted molar refractivity (Wildman–Crippen MR) is 54.4 cm³/mol. The smallest absolute Gasteiger partial charge is 0.0158 e. The van der Waals surface area contributed by atoms with Crippen LogP contribution >= 0.6 is 0 Å². The summed E-state index contributed by atoms with van der Waals surface area (Å²) < 4.78 is 0. The van der Waals surface area contributed by atoms with E-state index >= 15 is 0 Å². The van der Waals surface area contributed by atoms with Crippen LogP contribution in [-0.4, -0.2) is 22.5 Å². The zero-order valence-electron chi connectivity index (χ0n) is 9.28. The first-order chi connectivity index (χ1) is 5.34. The Morgan fingerprint density at radius 2 is 1.67 bits per heavy atom. The zero-order chi connectivity index (χ0) is 9.41. The van der Waals surface area contributed by atoms with Crippen molar-refractivity contribution in [3.63, 3.8) is 0 Å². The molecule has 0 spiro atoms. The summed E-state index contributed by atoms with van der Waals surface area (Å²) in [5, 5.41) is 0. The summed E-state index contributed by atoms with van der Waals surface area (Å²) in [6, 6.07) is 0. The topological polar surface area (TPSA) is 3.24 Å². The van der Waals surface area contributed by atoms with Crippen LogP contribution in [0.4, 0.5) is 0 Å². The van der Waals surface area contributed by atoms with Crippen molar-refractivity contribution in [2.75, 3.05) is 6.54 Å². The average Bonchev–Trinajstić information content (AvgIpc) is 1.83. The second-order valence-corrected chi connectivity index (χ2v) is 5.59. The van der Waals surface area contributed by atoms with Crippen molar-refractivity contribution in [1.82, 2.24) is 4.90 Å². The maximum absolute atomic E-state index is 2.64. The van der Waals surface area contributed by atoms with Gasteiger partial charge in [-0.05, 0) is 54.0 Å². The lowest BCUT2D eigenvalue weighted by Gasteiger charge is -2.50. The number of hydrogen-bond acceptors (Lipinski definition) is 1. The van der Waals surface area contributed by atoms with Gasteiger partial charge in [-0.3, -0.25) is 4.90 Å². The third-order valence-corrected chi connectivity index (χ3v) is 2.96. The third kappa shape index (κ3) is 2.01. The first-order valence-corrected chi connectivity index (χ1v) is 5.12. The molecule has 1 rings (SSSR count). The Morgan fingerprint density at radius 1 is 1.08 bits per heavy atom. The maximum atomic E-state index is 2.64. The lowest BCUT2D eigenvalue weighted by Crippen LogP contribution is -2.56. The van der Waals surface area contributed by atoms with Crippen molar-refractivity contribution in [2.24, 2.45) is 0 Å². The van der Waals surface area contributed by atoms with Crippen molar-refractivity contribution in [3.05, 3.63) is 0 Å². The Kier molecular flexibility index (Phi) is 2.53. The molecule has 72 valence electrons. The van der Waals surface area contributed by atoms with Gasteiger partial charge >= 0.3 is 0 Å². The molecular weight excluding hydrogens is 146 g/mol. The van der Waals surface area contributed by atoms with Crippen molar-refractivity contribution in [3.8, 4) is 0 Å². The second-order valence-electron chi connectivity index (χ2n) is 5.59. The zero-order valence-corrected chi connectivity index (χ0v) is 9.28. The van der Waals surface area contributed by atoms with E-state index in [1.54, 1.807) is 0 Å². The SMILES string of the molecule is CC(C)(C)N1CCCCC1(C)C. The largest absolute Gasteiger partial charge is 0.293 e. The number of hydrogen-bond donors (Lipinski definition) is 0. The van der Waals surface area contributed by atoms with Gasteiger partial charge in [0.05, 0.1) is 0 Å². The summed E-state index contributed by atoms with van der Waals surface area (Å²) in [6.45, 7) is 13.0. The van der Waals surface area contributed by atoms with Gasteiger partial charge in [-0.15, -0.1) is 0 Å². The lowest BCUT2D eigenvalue weighted by atomic mass is 9.86. The van der Waals surface area contributed by atoms with Crippen LogP contribution in [-0.2, 0) is 0 Å². The van der Waals surface area contributed by atoms with E-state index in [1.807, 2.05) is 0 Å². The molecule has 1 heterocycles. The van der Waals surface area contributed by atoms with Crippen molar-refractivity contribution >= 4 is 0 Å². The van der Waals surface area contributed by atoms with Crippen LogP contribution in [0, 0.1) is 0 Å². The van der Waals surface area contributed by atoms with Crippen molar-refractivity contribution < 1.29 is 0 Å². The van der Waals surface area contributed by atoms with Gasteiger partial charge in [0, 0.05) is 11.1 Å². The van der Waals surface area contributed by atoms with E-state index in [9.17, 15) is 0 Å². The molecule has 0 bridgehead atoms. The number of nitrogens with zero attached hydrogens (tertiary/aromatic N) is 1. The van der Waals surface area contributed by atoms with E-state index < -0.39 is 0 Å². The summed E-state index contributed by atoms with van der Waals surface area (Å²) in [4.78, 5) is 2.64. The molecule has 1 nitrogen and oxygen atoms in total. The number of piperidine rings is 1. The van der Waals surface area contributed by atoms with Gasteiger partial charge in [0.2, 0.25) is 0 Å². The molecule has 1 fully saturated rings. The minimum atomic E-state index is 0.337. The van der Waals surface area contributed by atoms with Gasteiger partial charge in [0.1, 0.15) is 0 Å². The molecule has 0 radical (unpaired) electrons. The van der Waals surface area contributed by atoms with Crippen LogP contribution < -0.4 is 0 Å². The molecular formula is C11H23N. The first-order valence-electron chi connectivity index (χ1n) is 5.12. The van der Waals surface area contributed by atoms with Crippen LogP contribution in [0.2, 0.25) is 0 Å². The van der Waals surface area contributed by atoms with Crippen LogP contribution in [0.1, 0.15) is 53.9 Å². The lowest BCUT2D eigenvalue weighted by molar-refractivity contribution is -0.00250. The standard InChI is InChI=1S/C11H23N/c1-10(2,3)12-9-7-6-8-11(12,4)5/h6-9H2,1-5H3. The highest BCUT2D eigenvalue weighted by molar-refractivity contribution is 4.92. The molecule has 0 aromatic carbocycles. The van der Waals surface area contributed by atoms with Gasteiger partial charge in [-0.2, -0.15) is 0 Å². The number of rotatable bonds is 0. The Bertz CT molecular complexity index is 153. The summed E-state index contributed by atoms with van der Waals surface area (Å²) in [5.74, 6) is 0. The van der Waals surface area contributed by atoms with Gasteiger partial charge in [0.15, 0.2) is 0 Å². The first kappa shape index (κ1) is 10.0. The van der Waals surface area contributed by atoms with E-state index in [1.165, 1.54) is 25.8 Å². The van der Waals surface area contributed by atoms with E-state index in [4.69, 9.17) is 0 Å². The highest BCUT2D eigenvalue weighted by Crippen LogP contribution is 2.33. The molecule has 0 unspecified atom stereocenters. The fraction of sp³-hybridized carbons (Fsp3) is 1.00. The minimum absolute atomic E-state index is 0.337. The van der Waals surface area contributed by atoms with Gasteiger partial charge in [0.25, 0.3) is 0 Å². The predicted octanol–water partition coefficient (Wildman–Crippen LogP) is 3.05. The molecule has 0 amide bonds. The van der Waals surface area contributed by atoms with E-state index in [-0.39, 0.29) is 0 Å². The maximum Gasteiger partial charge on any atom is 0.0158 e. The summed E-state index contributed by atoms with van der Waals surface area (Å²) in [5.41, 5.74) is 0.750. The van der Waals surface area contributed by atoms with Crippen LogP contribution in [0.3, 0.4) is 0 Å². The molecule has 1 aliphatic rings. The molecule has 1 saturated heterocycles. The Morgan fingerprint density at radius 3 is 2.00 bits per heavy atom. The van der Waals surface area contributed by atoms with E-state index in [2.05, 4.69) is 39.5 Å². The molecule has 0 aromatic heterocycles. The fourth-order valence-corrected chi connectivity index (χ4v) is 2.51. The normalized spacial score (nSPS) is 25.8. The summed E-state index contributed by atoms with van der Waals surface area (Å²) in [6.07, 6.45) is 4.13. The van der Waals surface area contributed by atoms with Crippen LogP contribution in [0.25, 0.3) is 0 Å². The monoisotopic (exact) mass is 169 g/mol.